The number of hydrogen-bond donors (Lipinski definition) is 1. The molecule has 4 aromatic carbocycles. The van der Waals surface area contributed by atoms with E-state index in [1.807, 2.05) is 87.6 Å². The minimum Gasteiger partial charge on any atom is -0.508 e. The SMILES string of the molecule is C/C=C\C.CCC.Cn1c2ccccc2c(=O)c2ccc(/C=C/c3ccc4cc(O)ccc4c3)cc21. The molecular weight excluding hydrogens is 442 g/mol. The van der Waals surface area contributed by atoms with Crippen LogP contribution in [-0.4, -0.2) is 9.67 Å². The Labute approximate surface area is 213 Å². The van der Waals surface area contributed by atoms with Crippen molar-refractivity contribution in [2.45, 2.75) is 34.1 Å². The lowest BCUT2D eigenvalue weighted by Gasteiger charge is -2.10. The van der Waals surface area contributed by atoms with Gasteiger partial charge in [0.05, 0.1) is 11.0 Å². The summed E-state index contributed by atoms with van der Waals surface area (Å²) in [6.07, 6.45) is 9.37. The number of nitrogens with zero attached hydrogens (tertiary/aromatic N) is 1. The molecule has 0 aliphatic rings. The van der Waals surface area contributed by atoms with Crippen molar-refractivity contribution in [3.63, 3.8) is 0 Å². The van der Waals surface area contributed by atoms with Crippen LogP contribution >= 0.6 is 0 Å². The van der Waals surface area contributed by atoms with Gasteiger partial charge in [0, 0.05) is 17.8 Å². The summed E-state index contributed by atoms with van der Waals surface area (Å²) in [5.74, 6) is 0.273. The number of rotatable bonds is 2. The highest BCUT2D eigenvalue weighted by Gasteiger charge is 2.08. The fraction of sp³-hybridized carbons (Fsp3) is 0.182. The van der Waals surface area contributed by atoms with E-state index in [2.05, 4.69) is 42.7 Å². The minimum atomic E-state index is 0.0713. The zero-order valence-electron chi connectivity index (χ0n) is 21.8. The normalized spacial score (nSPS) is 11.0. The van der Waals surface area contributed by atoms with Crippen LogP contribution in [-0.2, 0) is 7.05 Å². The van der Waals surface area contributed by atoms with E-state index < -0.39 is 0 Å². The van der Waals surface area contributed by atoms with Crippen molar-refractivity contribution in [1.29, 1.82) is 0 Å². The van der Waals surface area contributed by atoms with E-state index in [1.165, 1.54) is 6.42 Å². The zero-order chi connectivity index (χ0) is 26.1. The van der Waals surface area contributed by atoms with Crippen LogP contribution in [0.15, 0.2) is 95.8 Å². The zero-order valence-corrected chi connectivity index (χ0v) is 21.8. The maximum atomic E-state index is 12.8. The fourth-order valence-electron chi connectivity index (χ4n) is 3.90. The molecule has 0 fully saturated rings. The molecule has 0 saturated carbocycles. The first-order valence-electron chi connectivity index (χ1n) is 12.4. The van der Waals surface area contributed by atoms with Gasteiger partial charge in [0.25, 0.3) is 0 Å². The highest BCUT2D eigenvalue weighted by molar-refractivity contribution is 5.94. The highest BCUT2D eigenvalue weighted by Crippen LogP contribution is 2.23. The molecule has 0 amide bonds. The van der Waals surface area contributed by atoms with E-state index in [0.717, 1.165) is 43.7 Å². The molecule has 0 atom stereocenters. The number of phenols is 1. The number of aromatic nitrogens is 1. The minimum absolute atomic E-state index is 0.0713. The van der Waals surface area contributed by atoms with Crippen molar-refractivity contribution in [3.05, 3.63) is 112 Å². The molecule has 3 nitrogen and oxygen atoms in total. The van der Waals surface area contributed by atoms with E-state index in [-0.39, 0.29) is 11.2 Å². The average Bonchev–Trinajstić information content (AvgIpc) is 2.91. The second kappa shape index (κ2) is 12.6. The summed E-state index contributed by atoms with van der Waals surface area (Å²) in [6.45, 7) is 8.25. The van der Waals surface area contributed by atoms with Crippen LogP contribution in [0.5, 0.6) is 5.75 Å². The van der Waals surface area contributed by atoms with Gasteiger partial charge in [-0.15, -0.1) is 0 Å². The number of fused-ring (bicyclic) bond motifs is 3. The molecule has 5 rings (SSSR count). The van der Waals surface area contributed by atoms with Crippen LogP contribution in [0.25, 0.3) is 44.7 Å². The Hall–Kier alpha value is -4.11. The lowest BCUT2D eigenvalue weighted by atomic mass is 10.0. The Morgan fingerprint density at radius 3 is 1.97 bits per heavy atom. The number of hydrogen-bond acceptors (Lipinski definition) is 2. The molecule has 36 heavy (non-hydrogen) atoms. The molecule has 0 radical (unpaired) electrons. The van der Waals surface area contributed by atoms with Crippen molar-refractivity contribution >= 4 is 44.7 Å². The predicted molar refractivity (Wildman–Crippen MR) is 158 cm³/mol. The third-order valence-electron chi connectivity index (χ3n) is 5.79. The quantitative estimate of drug-likeness (QED) is 0.157. The largest absolute Gasteiger partial charge is 0.508 e. The first kappa shape index (κ1) is 26.5. The molecule has 5 aromatic rings. The van der Waals surface area contributed by atoms with Crippen LogP contribution < -0.4 is 5.43 Å². The van der Waals surface area contributed by atoms with Gasteiger partial charge < -0.3 is 9.67 Å². The molecule has 1 aromatic heterocycles. The van der Waals surface area contributed by atoms with Crippen LogP contribution in [0.3, 0.4) is 0 Å². The van der Waals surface area contributed by atoms with Gasteiger partial charge in [-0.05, 0) is 78.2 Å². The second-order valence-electron chi connectivity index (χ2n) is 8.68. The van der Waals surface area contributed by atoms with E-state index >= 15 is 0 Å². The van der Waals surface area contributed by atoms with Gasteiger partial charge in [0.1, 0.15) is 5.75 Å². The summed E-state index contributed by atoms with van der Waals surface area (Å²) in [6, 6.07) is 25.2. The van der Waals surface area contributed by atoms with Gasteiger partial charge in [-0.2, -0.15) is 0 Å². The molecular formula is C33H35NO2. The van der Waals surface area contributed by atoms with Crippen molar-refractivity contribution < 1.29 is 5.11 Å². The number of benzene rings is 4. The molecule has 0 bridgehead atoms. The standard InChI is InChI=1S/C26H19NO2.C4H8.C3H8/c1-27-24-5-3-2-4-22(24)26(29)23-13-9-18(15-25(23)27)7-6-17-8-10-20-16-21(28)12-11-19(20)14-17;1-3-4-2;1-3-2/h2-16,28H,1H3;3-4H,1-2H3;3H2,1-2H3/b7-6+;4-3-;. The van der Waals surface area contributed by atoms with Crippen molar-refractivity contribution in [2.24, 2.45) is 7.05 Å². The van der Waals surface area contributed by atoms with Crippen LogP contribution in [0, 0.1) is 0 Å². The van der Waals surface area contributed by atoms with E-state index in [0.29, 0.717) is 0 Å². The topological polar surface area (TPSA) is 42.2 Å². The Kier molecular flexibility index (Phi) is 9.24. The Morgan fingerprint density at radius 2 is 1.28 bits per heavy atom. The maximum absolute atomic E-state index is 12.8. The van der Waals surface area contributed by atoms with Crippen LogP contribution in [0.2, 0.25) is 0 Å². The third kappa shape index (κ3) is 6.11. The van der Waals surface area contributed by atoms with Crippen molar-refractivity contribution in [3.8, 4) is 5.75 Å². The number of phenolic OH excluding ortho intramolecular Hbond substituents is 1. The van der Waals surface area contributed by atoms with Gasteiger partial charge in [-0.3, -0.25) is 4.79 Å². The molecule has 0 aliphatic heterocycles. The predicted octanol–water partition coefficient (Wildman–Crippen LogP) is 8.72. The highest BCUT2D eigenvalue weighted by atomic mass is 16.3. The van der Waals surface area contributed by atoms with Gasteiger partial charge in [0.2, 0.25) is 0 Å². The Morgan fingerprint density at radius 1 is 0.722 bits per heavy atom. The van der Waals surface area contributed by atoms with Crippen LogP contribution in [0.4, 0.5) is 0 Å². The summed E-state index contributed by atoms with van der Waals surface area (Å²) in [5.41, 5.74) is 4.04. The molecule has 0 aliphatic carbocycles. The monoisotopic (exact) mass is 477 g/mol. The summed E-state index contributed by atoms with van der Waals surface area (Å²) >= 11 is 0. The molecule has 1 heterocycles. The Balaban J connectivity index is 0.000000463. The Bertz CT molecular complexity index is 1590. The third-order valence-corrected chi connectivity index (χ3v) is 5.79. The molecule has 0 spiro atoms. The average molecular weight is 478 g/mol. The number of pyridine rings is 1. The lowest BCUT2D eigenvalue weighted by Crippen LogP contribution is -2.08. The van der Waals surface area contributed by atoms with Gasteiger partial charge in [-0.25, -0.2) is 0 Å². The smallest absolute Gasteiger partial charge is 0.197 e. The molecule has 0 unspecified atom stereocenters. The first-order chi connectivity index (χ1) is 17.4. The van der Waals surface area contributed by atoms with Gasteiger partial charge in [-0.1, -0.05) is 81.0 Å². The van der Waals surface area contributed by atoms with Crippen LogP contribution in [0.1, 0.15) is 45.2 Å². The fourth-order valence-corrected chi connectivity index (χ4v) is 3.90. The summed E-state index contributed by atoms with van der Waals surface area (Å²) in [5, 5.41) is 13.2. The molecule has 3 heteroatoms. The van der Waals surface area contributed by atoms with Gasteiger partial charge >= 0.3 is 0 Å². The molecule has 184 valence electrons. The van der Waals surface area contributed by atoms with E-state index in [4.69, 9.17) is 0 Å². The van der Waals surface area contributed by atoms with Gasteiger partial charge in [0.15, 0.2) is 5.43 Å². The molecule has 0 saturated heterocycles. The number of para-hydroxylation sites is 1. The number of aromatic hydroxyl groups is 1. The summed E-state index contributed by atoms with van der Waals surface area (Å²) < 4.78 is 2.08. The van der Waals surface area contributed by atoms with E-state index in [1.54, 1.807) is 12.1 Å². The summed E-state index contributed by atoms with van der Waals surface area (Å²) in [4.78, 5) is 12.8. The van der Waals surface area contributed by atoms with E-state index in [9.17, 15) is 9.90 Å². The maximum Gasteiger partial charge on any atom is 0.197 e. The second-order valence-corrected chi connectivity index (χ2v) is 8.68. The van der Waals surface area contributed by atoms with Crippen molar-refractivity contribution in [2.75, 3.05) is 0 Å². The summed E-state index contributed by atoms with van der Waals surface area (Å²) in [7, 11) is 2.00. The van der Waals surface area contributed by atoms with Crippen molar-refractivity contribution in [1.82, 2.24) is 4.57 Å². The number of allylic oxidation sites excluding steroid dienone is 2. The first-order valence-corrected chi connectivity index (χ1v) is 12.4. The molecule has 1 N–H and O–H groups in total. The number of aryl methyl sites for hydroxylation is 1. The lowest BCUT2D eigenvalue weighted by molar-refractivity contribution is 0.476.